The number of carbonyl (C=O) groups excluding carboxylic acids is 1. The maximum atomic E-state index is 12.6. The van der Waals surface area contributed by atoms with Gasteiger partial charge in [-0.25, -0.2) is 8.42 Å². The van der Waals surface area contributed by atoms with Crippen molar-refractivity contribution >= 4 is 21.6 Å². The zero-order chi connectivity index (χ0) is 17.2. The predicted molar refractivity (Wildman–Crippen MR) is 90.2 cm³/mol. The molecule has 1 fully saturated rings. The van der Waals surface area contributed by atoms with Crippen LogP contribution in [-0.2, 0) is 17.1 Å². The first-order valence-corrected chi connectivity index (χ1v) is 9.31. The van der Waals surface area contributed by atoms with Gasteiger partial charge < -0.3 is 5.32 Å². The molecule has 1 N–H and O–H groups in total. The molecule has 2 aromatic rings. The largest absolute Gasteiger partial charge is 0.322 e. The van der Waals surface area contributed by atoms with Gasteiger partial charge in [0.1, 0.15) is 0 Å². The van der Waals surface area contributed by atoms with Crippen LogP contribution >= 0.6 is 0 Å². The average molecular weight is 348 g/mol. The third-order valence-electron chi connectivity index (χ3n) is 4.03. The Hall–Kier alpha value is -2.19. The molecule has 2 heterocycles. The number of aromatic nitrogens is 2. The lowest BCUT2D eigenvalue weighted by molar-refractivity contribution is 0.102. The molecule has 1 aromatic carbocycles. The summed E-state index contributed by atoms with van der Waals surface area (Å²) in [7, 11) is -1.72. The molecule has 0 radical (unpaired) electrons. The van der Waals surface area contributed by atoms with Crippen molar-refractivity contribution in [3.05, 3.63) is 42.2 Å². The van der Waals surface area contributed by atoms with Crippen LogP contribution in [-0.4, -0.2) is 41.5 Å². The quantitative estimate of drug-likeness (QED) is 0.914. The zero-order valence-electron chi connectivity index (χ0n) is 13.5. The van der Waals surface area contributed by atoms with Crippen LogP contribution in [0.2, 0.25) is 0 Å². The van der Waals surface area contributed by atoms with Gasteiger partial charge in [0.25, 0.3) is 5.91 Å². The van der Waals surface area contributed by atoms with Crippen LogP contribution in [0.3, 0.4) is 0 Å². The third kappa shape index (κ3) is 3.49. The molecule has 0 bridgehead atoms. The van der Waals surface area contributed by atoms with Crippen LogP contribution < -0.4 is 5.32 Å². The van der Waals surface area contributed by atoms with E-state index in [0.717, 1.165) is 19.3 Å². The molecule has 1 amide bonds. The van der Waals surface area contributed by atoms with Crippen molar-refractivity contribution in [3.8, 4) is 0 Å². The molecule has 0 unspecified atom stereocenters. The molecule has 0 saturated carbocycles. The predicted octanol–water partition coefficient (Wildman–Crippen LogP) is 1.85. The number of anilines is 1. The van der Waals surface area contributed by atoms with E-state index >= 15 is 0 Å². The Bertz CT molecular complexity index is 821. The first kappa shape index (κ1) is 16.7. The van der Waals surface area contributed by atoms with Crippen molar-refractivity contribution in [2.24, 2.45) is 7.05 Å². The minimum atomic E-state index is -3.45. The lowest BCUT2D eigenvalue weighted by Crippen LogP contribution is -2.35. The topological polar surface area (TPSA) is 84.3 Å². The Balaban J connectivity index is 1.72. The van der Waals surface area contributed by atoms with E-state index in [1.807, 2.05) is 0 Å². The number of nitrogens with one attached hydrogen (secondary N) is 1. The summed E-state index contributed by atoms with van der Waals surface area (Å²) in [6, 6.07) is 6.27. The zero-order valence-corrected chi connectivity index (χ0v) is 14.3. The molecule has 8 heteroatoms. The maximum Gasteiger partial charge on any atom is 0.258 e. The Morgan fingerprint density at radius 2 is 1.79 bits per heavy atom. The van der Waals surface area contributed by atoms with Crippen molar-refractivity contribution < 1.29 is 13.2 Å². The van der Waals surface area contributed by atoms with Crippen LogP contribution in [0.25, 0.3) is 0 Å². The normalized spacial score (nSPS) is 16.0. The van der Waals surface area contributed by atoms with E-state index in [1.165, 1.54) is 22.6 Å². The summed E-state index contributed by atoms with van der Waals surface area (Å²) in [6.45, 7) is 1.14. The lowest BCUT2D eigenvalue weighted by atomic mass is 10.2. The van der Waals surface area contributed by atoms with E-state index in [4.69, 9.17) is 0 Å². The Kier molecular flexibility index (Phi) is 4.68. The number of benzene rings is 1. The van der Waals surface area contributed by atoms with Crippen molar-refractivity contribution in [2.75, 3.05) is 18.4 Å². The van der Waals surface area contributed by atoms with Crippen LogP contribution in [0.15, 0.2) is 41.6 Å². The molecule has 0 spiro atoms. The summed E-state index contributed by atoms with van der Waals surface area (Å²) in [4.78, 5) is 12.3. The molecular formula is C16H20N4O3S. The Morgan fingerprint density at radius 3 is 2.38 bits per heavy atom. The molecule has 24 heavy (non-hydrogen) atoms. The number of carbonyl (C=O) groups is 1. The highest BCUT2D eigenvalue weighted by atomic mass is 32.2. The second-order valence-electron chi connectivity index (χ2n) is 5.85. The smallest absolute Gasteiger partial charge is 0.258 e. The minimum Gasteiger partial charge on any atom is -0.322 e. The number of hydrogen-bond donors (Lipinski definition) is 1. The standard InChI is InChI=1S/C16H20N4O3S/c1-19-12-13(11-17-19)16(21)18-14-5-7-15(8-6-14)24(22,23)20-9-3-2-4-10-20/h5-8,11-12H,2-4,9-10H2,1H3,(H,18,21). The van der Waals surface area contributed by atoms with E-state index in [-0.39, 0.29) is 10.8 Å². The Labute approximate surface area is 141 Å². The van der Waals surface area contributed by atoms with Gasteiger partial charge in [-0.3, -0.25) is 9.48 Å². The van der Waals surface area contributed by atoms with Gasteiger partial charge in [-0.1, -0.05) is 6.42 Å². The van der Waals surface area contributed by atoms with Gasteiger partial charge in [-0.15, -0.1) is 0 Å². The summed E-state index contributed by atoms with van der Waals surface area (Å²) in [5, 5.41) is 6.68. The number of nitrogens with zero attached hydrogens (tertiary/aromatic N) is 3. The molecule has 1 aliphatic heterocycles. The molecule has 1 aromatic heterocycles. The number of sulfonamides is 1. The van der Waals surface area contributed by atoms with Crippen molar-refractivity contribution in [3.63, 3.8) is 0 Å². The van der Waals surface area contributed by atoms with E-state index in [2.05, 4.69) is 10.4 Å². The fourth-order valence-corrected chi connectivity index (χ4v) is 4.22. The van der Waals surface area contributed by atoms with Gasteiger partial charge >= 0.3 is 0 Å². The summed E-state index contributed by atoms with van der Waals surface area (Å²) >= 11 is 0. The first-order chi connectivity index (χ1) is 11.5. The van der Waals surface area contributed by atoms with Crippen LogP contribution in [0.5, 0.6) is 0 Å². The summed E-state index contributed by atoms with van der Waals surface area (Å²) in [5.41, 5.74) is 0.990. The summed E-state index contributed by atoms with van der Waals surface area (Å²) in [6.07, 6.45) is 5.97. The number of hydrogen-bond acceptors (Lipinski definition) is 4. The molecule has 128 valence electrons. The number of amides is 1. The summed E-state index contributed by atoms with van der Waals surface area (Å²) in [5.74, 6) is -0.283. The van der Waals surface area contributed by atoms with Crippen molar-refractivity contribution in [2.45, 2.75) is 24.2 Å². The average Bonchev–Trinajstić information content (AvgIpc) is 3.03. The highest BCUT2D eigenvalue weighted by Gasteiger charge is 2.25. The minimum absolute atomic E-state index is 0.253. The fourth-order valence-electron chi connectivity index (χ4n) is 2.71. The fraction of sp³-hybridized carbons (Fsp3) is 0.375. The molecule has 0 aliphatic carbocycles. The van der Waals surface area contributed by atoms with Gasteiger partial charge in [0, 0.05) is 32.0 Å². The lowest BCUT2D eigenvalue weighted by Gasteiger charge is -2.25. The highest BCUT2D eigenvalue weighted by molar-refractivity contribution is 7.89. The molecular weight excluding hydrogens is 328 g/mol. The highest BCUT2D eigenvalue weighted by Crippen LogP contribution is 2.22. The Morgan fingerprint density at radius 1 is 1.12 bits per heavy atom. The molecule has 3 rings (SSSR count). The van der Waals surface area contributed by atoms with Crippen LogP contribution in [0, 0.1) is 0 Å². The van der Waals surface area contributed by atoms with Gasteiger partial charge in [0.15, 0.2) is 0 Å². The first-order valence-electron chi connectivity index (χ1n) is 7.87. The summed E-state index contributed by atoms with van der Waals surface area (Å²) < 4.78 is 28.2. The second kappa shape index (κ2) is 6.74. The maximum absolute atomic E-state index is 12.6. The van der Waals surface area contributed by atoms with Gasteiger partial charge in [-0.2, -0.15) is 9.40 Å². The van der Waals surface area contributed by atoms with E-state index in [1.54, 1.807) is 30.1 Å². The van der Waals surface area contributed by atoms with Crippen LogP contribution in [0.1, 0.15) is 29.6 Å². The second-order valence-corrected chi connectivity index (χ2v) is 7.78. The van der Waals surface area contributed by atoms with Gasteiger partial charge in [0.2, 0.25) is 10.0 Å². The van der Waals surface area contributed by atoms with Crippen molar-refractivity contribution in [1.29, 1.82) is 0 Å². The SMILES string of the molecule is Cn1cc(C(=O)Nc2ccc(S(=O)(=O)N3CCCCC3)cc2)cn1. The van der Waals surface area contributed by atoms with Crippen LogP contribution in [0.4, 0.5) is 5.69 Å². The van der Waals surface area contributed by atoms with Gasteiger partial charge in [0.05, 0.1) is 16.7 Å². The van der Waals surface area contributed by atoms with Crippen molar-refractivity contribution in [1.82, 2.24) is 14.1 Å². The molecule has 7 nitrogen and oxygen atoms in total. The number of aryl methyl sites for hydroxylation is 1. The molecule has 1 saturated heterocycles. The molecule has 1 aliphatic rings. The van der Waals surface area contributed by atoms with E-state index in [9.17, 15) is 13.2 Å². The van der Waals surface area contributed by atoms with Gasteiger partial charge in [-0.05, 0) is 37.1 Å². The number of rotatable bonds is 4. The number of piperidine rings is 1. The van der Waals surface area contributed by atoms with E-state index in [0.29, 0.717) is 24.3 Å². The monoisotopic (exact) mass is 348 g/mol. The third-order valence-corrected chi connectivity index (χ3v) is 5.94. The van der Waals surface area contributed by atoms with E-state index < -0.39 is 10.0 Å². The molecule has 0 atom stereocenters.